The van der Waals surface area contributed by atoms with Gasteiger partial charge in [-0.1, -0.05) is 26.2 Å². The highest BCUT2D eigenvalue weighted by molar-refractivity contribution is 7.94. The van der Waals surface area contributed by atoms with E-state index in [1.165, 1.54) is 24.8 Å². The van der Waals surface area contributed by atoms with Crippen LogP contribution in [0.15, 0.2) is 0 Å². The van der Waals surface area contributed by atoms with Crippen molar-refractivity contribution in [2.75, 3.05) is 6.61 Å². The molecule has 0 rings (SSSR count). The zero-order valence-corrected chi connectivity index (χ0v) is 11.4. The highest BCUT2D eigenvalue weighted by Gasteiger charge is 1.84. The Morgan fingerprint density at radius 2 is 1.60 bits per heavy atom. The largest absolute Gasteiger partial charge is 0.490 e. The maximum absolute atomic E-state index is 8.67. The van der Waals surface area contributed by atoms with E-state index in [2.05, 4.69) is 44.4 Å². The van der Waals surface area contributed by atoms with Gasteiger partial charge in [0.15, 0.2) is 11.2 Å². The van der Waals surface area contributed by atoms with Crippen molar-refractivity contribution < 1.29 is 14.3 Å². The van der Waals surface area contributed by atoms with E-state index in [1.807, 2.05) is 0 Å². The quantitative estimate of drug-likeness (QED) is 0.337. The summed E-state index contributed by atoms with van der Waals surface area (Å²) in [6, 6.07) is 0. The standard InChI is InChI=1S/C7H14OS.2CH2OS/c1-2-3-4-5-6-8-7-9;2*2-1-3/h7H,2-6H2,1H3;2*1H,(H,2,3). The molecule has 0 bridgehead atoms. The summed E-state index contributed by atoms with van der Waals surface area (Å²) in [4.78, 5) is 17.3. The molecule has 0 aromatic heterocycles. The number of unbranched alkanes of at least 4 members (excludes halogenated alkanes) is 3. The van der Waals surface area contributed by atoms with Crippen LogP contribution in [0.5, 0.6) is 0 Å². The Bertz CT molecular complexity index is 126. The second-order valence-corrected chi connectivity index (χ2v) is 2.85. The van der Waals surface area contributed by atoms with Crippen LogP contribution < -0.4 is 0 Å². The molecule has 0 N–H and O–H groups in total. The molecular formula is C9H18O3S3. The molecule has 0 aliphatic heterocycles. The Kier molecular flexibility index (Phi) is 39.6. The first kappa shape index (κ1) is 20.4. The molecule has 0 saturated heterocycles. The van der Waals surface area contributed by atoms with Gasteiger partial charge >= 0.3 is 0 Å². The van der Waals surface area contributed by atoms with Gasteiger partial charge in [-0.15, -0.1) is 25.3 Å². The van der Waals surface area contributed by atoms with Crippen molar-refractivity contribution in [1.29, 1.82) is 0 Å². The molecule has 3 nitrogen and oxygen atoms in total. The Balaban J connectivity index is -0.000000200. The summed E-state index contributed by atoms with van der Waals surface area (Å²) in [6.45, 7) is 2.99. The van der Waals surface area contributed by atoms with Gasteiger partial charge in [0.25, 0.3) is 0 Å². The van der Waals surface area contributed by atoms with E-state index in [0.717, 1.165) is 13.0 Å². The van der Waals surface area contributed by atoms with Crippen molar-refractivity contribution in [3.8, 4) is 0 Å². The molecule has 0 aromatic carbocycles. The third-order valence-corrected chi connectivity index (χ3v) is 1.32. The summed E-state index contributed by atoms with van der Waals surface area (Å²) < 4.78 is 4.87. The van der Waals surface area contributed by atoms with Crippen molar-refractivity contribution in [3.05, 3.63) is 0 Å². The Hall–Kier alpha value is -0.0700. The van der Waals surface area contributed by atoms with Gasteiger partial charge in [-0.25, -0.2) is 0 Å². The normalized spacial score (nSPS) is 7.13. The highest BCUT2D eigenvalue weighted by atomic mass is 32.1. The fraction of sp³-hybridized carbons (Fsp3) is 0.667. The topological polar surface area (TPSA) is 43.4 Å². The molecule has 0 saturated carbocycles. The second kappa shape index (κ2) is 29.2. The lowest BCUT2D eigenvalue weighted by molar-refractivity contribution is 0.313. The second-order valence-electron chi connectivity index (χ2n) is 2.24. The molecule has 90 valence electrons. The summed E-state index contributed by atoms with van der Waals surface area (Å²) in [7, 11) is 0. The minimum Gasteiger partial charge on any atom is -0.490 e. The van der Waals surface area contributed by atoms with Crippen molar-refractivity contribution in [3.63, 3.8) is 0 Å². The van der Waals surface area contributed by atoms with Crippen molar-refractivity contribution in [2.24, 2.45) is 0 Å². The number of ether oxygens (including phenoxy) is 1. The summed E-state index contributed by atoms with van der Waals surface area (Å²) >= 11 is 10.7. The smallest absolute Gasteiger partial charge is 0.173 e. The van der Waals surface area contributed by atoms with Crippen molar-refractivity contribution in [2.45, 2.75) is 32.6 Å². The van der Waals surface area contributed by atoms with Crippen LogP contribution in [-0.2, 0) is 14.3 Å². The fourth-order valence-corrected chi connectivity index (χ4v) is 0.757. The monoisotopic (exact) mass is 270 g/mol. The number of thiol groups is 2. The number of carbonyl (C=O) groups is 2. The molecule has 0 radical (unpaired) electrons. The molecule has 6 heteroatoms. The minimum absolute atomic E-state index is 0.444. The number of carbonyl (C=O) groups excluding carboxylic acids is 2. The van der Waals surface area contributed by atoms with E-state index in [9.17, 15) is 0 Å². The molecule has 0 amide bonds. The zero-order valence-electron chi connectivity index (χ0n) is 8.80. The molecule has 0 fully saturated rings. The van der Waals surface area contributed by atoms with Crippen LogP contribution in [0, 0.1) is 0 Å². The molecule has 0 spiro atoms. The molecule has 0 unspecified atom stereocenters. The van der Waals surface area contributed by atoms with Crippen molar-refractivity contribution in [1.82, 2.24) is 0 Å². The first-order valence-electron chi connectivity index (χ1n) is 4.45. The van der Waals surface area contributed by atoms with Gasteiger partial charge in [-0.3, -0.25) is 9.59 Å². The predicted molar refractivity (Wildman–Crippen MR) is 75.2 cm³/mol. The number of hydrogen-bond acceptors (Lipinski definition) is 4. The van der Waals surface area contributed by atoms with Gasteiger partial charge < -0.3 is 4.74 Å². The highest BCUT2D eigenvalue weighted by Crippen LogP contribution is 1.97. The van der Waals surface area contributed by atoms with Gasteiger partial charge in [0.05, 0.1) is 6.61 Å². The molecule has 0 aromatic rings. The van der Waals surface area contributed by atoms with E-state index in [4.69, 9.17) is 14.3 Å². The summed E-state index contributed by atoms with van der Waals surface area (Å²) in [6.07, 6.45) is 4.99. The third kappa shape index (κ3) is 56.4. The lowest BCUT2D eigenvalue weighted by Gasteiger charge is -1.96. The molecule has 0 aliphatic rings. The molecule has 0 heterocycles. The van der Waals surface area contributed by atoms with Crippen LogP contribution >= 0.6 is 37.5 Å². The van der Waals surface area contributed by atoms with Gasteiger partial charge in [0.1, 0.15) is 5.55 Å². The lowest BCUT2D eigenvalue weighted by Crippen LogP contribution is -1.89. The van der Waals surface area contributed by atoms with Gasteiger partial charge in [0, 0.05) is 0 Å². The Morgan fingerprint density at radius 3 is 1.93 bits per heavy atom. The van der Waals surface area contributed by atoms with E-state index >= 15 is 0 Å². The molecule has 15 heavy (non-hydrogen) atoms. The van der Waals surface area contributed by atoms with Crippen molar-refractivity contribution >= 4 is 54.3 Å². The lowest BCUT2D eigenvalue weighted by atomic mass is 10.2. The maximum atomic E-state index is 8.67. The number of hydrogen-bond donors (Lipinski definition) is 2. The number of rotatable bonds is 6. The van der Waals surface area contributed by atoms with Gasteiger partial charge in [-0.2, -0.15) is 0 Å². The average Bonchev–Trinajstić information content (AvgIpc) is 2.20. The van der Waals surface area contributed by atoms with Crippen LogP contribution in [-0.4, -0.2) is 23.4 Å². The summed E-state index contributed by atoms with van der Waals surface area (Å²) in [5.41, 5.74) is 2.23. The number of thiocarbonyl (C=S) groups is 1. The average molecular weight is 270 g/mol. The van der Waals surface area contributed by atoms with E-state index in [0.29, 0.717) is 11.2 Å². The van der Waals surface area contributed by atoms with Crippen LogP contribution in [0.3, 0.4) is 0 Å². The maximum Gasteiger partial charge on any atom is 0.173 e. The van der Waals surface area contributed by atoms with E-state index in [-0.39, 0.29) is 0 Å². The fourth-order valence-electron chi connectivity index (χ4n) is 0.660. The Labute approximate surface area is 108 Å². The summed E-state index contributed by atoms with van der Waals surface area (Å²) in [5, 5.41) is 0. The predicted octanol–water partition coefficient (Wildman–Crippen LogP) is 2.75. The Morgan fingerprint density at radius 1 is 1.13 bits per heavy atom. The van der Waals surface area contributed by atoms with Crippen LogP contribution in [0.25, 0.3) is 0 Å². The molecule has 0 atom stereocenters. The van der Waals surface area contributed by atoms with Crippen LogP contribution in [0.2, 0.25) is 0 Å². The SMILES string of the molecule is CCCCCCOC=S.O=CS.O=CS. The van der Waals surface area contributed by atoms with E-state index < -0.39 is 0 Å². The van der Waals surface area contributed by atoms with Gasteiger partial charge in [0.2, 0.25) is 0 Å². The first-order chi connectivity index (χ1) is 7.24. The first-order valence-corrected chi connectivity index (χ1v) is 5.96. The molecule has 0 aliphatic carbocycles. The third-order valence-electron chi connectivity index (χ3n) is 1.18. The van der Waals surface area contributed by atoms with Gasteiger partial charge in [-0.05, 0) is 18.6 Å². The zero-order chi connectivity index (χ0) is 12.4. The van der Waals surface area contributed by atoms with E-state index in [1.54, 1.807) is 0 Å². The van der Waals surface area contributed by atoms with Crippen LogP contribution in [0.1, 0.15) is 32.6 Å². The molecular weight excluding hydrogens is 252 g/mol. The minimum atomic E-state index is 0.444. The summed E-state index contributed by atoms with van der Waals surface area (Å²) in [5.74, 6) is 0. The van der Waals surface area contributed by atoms with Crippen LogP contribution in [0.4, 0.5) is 0 Å².